The first kappa shape index (κ1) is 18.9. The van der Waals surface area contributed by atoms with Crippen molar-refractivity contribution in [2.75, 3.05) is 11.4 Å². The molecule has 2 heterocycles. The first-order valence-corrected chi connectivity index (χ1v) is 10.3. The van der Waals surface area contributed by atoms with Gasteiger partial charge in [-0.2, -0.15) is 0 Å². The minimum Gasteiger partial charge on any atom is -0.361 e. The number of carbonyl (C=O) groups is 2. The first-order chi connectivity index (χ1) is 14.6. The van der Waals surface area contributed by atoms with E-state index in [-0.39, 0.29) is 18.2 Å². The van der Waals surface area contributed by atoms with Crippen molar-refractivity contribution in [2.24, 2.45) is 0 Å². The lowest BCUT2D eigenvalue weighted by Gasteiger charge is -2.17. The van der Waals surface area contributed by atoms with Gasteiger partial charge in [0.25, 0.3) is 5.91 Å². The number of aromatic amines is 1. The van der Waals surface area contributed by atoms with E-state index in [2.05, 4.69) is 10.3 Å². The van der Waals surface area contributed by atoms with Crippen molar-refractivity contribution in [3.63, 3.8) is 0 Å². The second-order valence-electron chi connectivity index (χ2n) is 7.53. The van der Waals surface area contributed by atoms with E-state index in [0.29, 0.717) is 17.3 Å². The van der Waals surface area contributed by atoms with Crippen molar-refractivity contribution in [3.8, 4) is 0 Å². The number of H-pyrrole nitrogens is 1. The number of hydrogen-bond donors (Lipinski definition) is 2. The number of halogens is 1. The summed E-state index contributed by atoms with van der Waals surface area (Å²) in [4.78, 5) is 30.3. The quantitative estimate of drug-likeness (QED) is 0.472. The zero-order valence-electron chi connectivity index (χ0n) is 16.2. The summed E-state index contributed by atoms with van der Waals surface area (Å²) in [7, 11) is 0. The van der Waals surface area contributed by atoms with Crippen molar-refractivity contribution in [1.29, 1.82) is 0 Å². The predicted molar refractivity (Wildman–Crippen MR) is 120 cm³/mol. The molecule has 150 valence electrons. The molecule has 1 aromatic heterocycles. The largest absolute Gasteiger partial charge is 0.361 e. The molecule has 0 radical (unpaired) electrons. The van der Waals surface area contributed by atoms with E-state index >= 15 is 0 Å². The van der Waals surface area contributed by atoms with Gasteiger partial charge in [-0.25, -0.2) is 4.90 Å². The molecule has 1 aliphatic heterocycles. The molecule has 1 aliphatic rings. The molecule has 0 spiro atoms. The van der Waals surface area contributed by atoms with Crippen molar-refractivity contribution in [2.45, 2.75) is 18.9 Å². The minimum atomic E-state index is -0.509. The molecule has 0 bridgehead atoms. The Kier molecular flexibility index (Phi) is 4.77. The summed E-state index contributed by atoms with van der Waals surface area (Å²) >= 11 is 6.12. The van der Waals surface area contributed by atoms with Crippen LogP contribution in [-0.2, 0) is 16.0 Å². The summed E-state index contributed by atoms with van der Waals surface area (Å²) in [6.07, 6.45) is 2.86. The van der Waals surface area contributed by atoms with Crippen molar-refractivity contribution in [3.05, 3.63) is 77.4 Å². The van der Waals surface area contributed by atoms with Crippen LogP contribution in [0.2, 0.25) is 5.02 Å². The van der Waals surface area contributed by atoms with Crippen molar-refractivity contribution >= 4 is 50.8 Å². The third-order valence-electron chi connectivity index (χ3n) is 5.67. The molecule has 5 rings (SSSR count). The molecule has 3 aromatic carbocycles. The average molecular weight is 418 g/mol. The number of anilines is 1. The number of hydrogen-bond acceptors (Lipinski definition) is 3. The molecule has 6 heteroatoms. The maximum absolute atomic E-state index is 13.0. The van der Waals surface area contributed by atoms with Crippen molar-refractivity contribution in [1.82, 2.24) is 10.3 Å². The number of fused-ring (bicyclic) bond motifs is 2. The van der Waals surface area contributed by atoms with Gasteiger partial charge in [0.05, 0.1) is 18.2 Å². The molecule has 2 N–H and O–H groups in total. The zero-order chi connectivity index (χ0) is 20.7. The van der Waals surface area contributed by atoms with Crippen LogP contribution in [0.1, 0.15) is 12.0 Å². The topological polar surface area (TPSA) is 65.2 Å². The lowest BCUT2D eigenvalue weighted by molar-refractivity contribution is -0.121. The van der Waals surface area contributed by atoms with Gasteiger partial charge in [0.15, 0.2) is 0 Å². The summed E-state index contributed by atoms with van der Waals surface area (Å²) in [5, 5.41) is 6.95. The van der Waals surface area contributed by atoms with Gasteiger partial charge >= 0.3 is 0 Å². The molecule has 30 heavy (non-hydrogen) atoms. The van der Waals surface area contributed by atoms with Gasteiger partial charge in [0, 0.05) is 34.1 Å². The number of amides is 2. The van der Waals surface area contributed by atoms with E-state index in [1.54, 1.807) is 0 Å². The van der Waals surface area contributed by atoms with E-state index in [4.69, 9.17) is 11.6 Å². The van der Waals surface area contributed by atoms with Gasteiger partial charge in [0.2, 0.25) is 5.91 Å². The van der Waals surface area contributed by atoms with Gasteiger partial charge in [0.1, 0.15) is 0 Å². The maximum atomic E-state index is 13.0. The van der Waals surface area contributed by atoms with Gasteiger partial charge in [-0.05, 0) is 41.6 Å². The number of carbonyl (C=O) groups excluding carboxylic acids is 2. The molecule has 1 fully saturated rings. The Bertz CT molecular complexity index is 1270. The van der Waals surface area contributed by atoms with Gasteiger partial charge in [-0.1, -0.05) is 48.0 Å². The van der Waals surface area contributed by atoms with E-state index < -0.39 is 6.04 Å². The normalized spacial score (nSPS) is 16.8. The second kappa shape index (κ2) is 7.59. The fraction of sp³-hybridized carbons (Fsp3) is 0.167. The van der Waals surface area contributed by atoms with E-state index in [9.17, 15) is 9.59 Å². The fourth-order valence-corrected chi connectivity index (χ4v) is 4.36. The third-order valence-corrected chi connectivity index (χ3v) is 5.90. The van der Waals surface area contributed by atoms with Crippen molar-refractivity contribution < 1.29 is 9.59 Å². The second-order valence-corrected chi connectivity index (χ2v) is 7.97. The Morgan fingerprint density at radius 2 is 1.87 bits per heavy atom. The van der Waals surface area contributed by atoms with Gasteiger partial charge < -0.3 is 10.3 Å². The summed E-state index contributed by atoms with van der Waals surface area (Å²) < 4.78 is 0. The number of imide groups is 1. The van der Waals surface area contributed by atoms with Gasteiger partial charge in [-0.15, -0.1) is 0 Å². The Labute approximate surface area is 178 Å². The highest BCUT2D eigenvalue weighted by atomic mass is 35.5. The number of aromatic nitrogens is 1. The average Bonchev–Trinajstić information content (AvgIpc) is 3.27. The van der Waals surface area contributed by atoms with Crippen LogP contribution in [0.3, 0.4) is 0 Å². The summed E-state index contributed by atoms with van der Waals surface area (Å²) in [5.74, 6) is -0.369. The van der Waals surface area contributed by atoms with Crippen LogP contribution in [0.15, 0.2) is 66.9 Å². The highest BCUT2D eigenvalue weighted by molar-refractivity contribution is 6.31. The first-order valence-electron chi connectivity index (χ1n) is 9.95. The predicted octanol–water partition coefficient (Wildman–Crippen LogP) is 4.44. The van der Waals surface area contributed by atoms with E-state index in [0.717, 1.165) is 33.7 Å². The molecule has 2 amide bonds. The molecule has 0 unspecified atom stereocenters. The van der Waals surface area contributed by atoms with E-state index in [1.807, 2.05) is 66.9 Å². The summed E-state index contributed by atoms with van der Waals surface area (Å²) in [6.45, 7) is 0.590. The SMILES string of the molecule is O=C1C[C@@H](NCCc2c[nH]c3ccc(Cl)cc23)C(=O)N1c1cccc2ccccc12. The number of nitrogens with zero attached hydrogens (tertiary/aromatic N) is 1. The Balaban J connectivity index is 1.31. The molecule has 4 aromatic rings. The van der Waals surface area contributed by atoms with E-state index in [1.165, 1.54) is 4.90 Å². The Morgan fingerprint density at radius 1 is 1.03 bits per heavy atom. The van der Waals surface area contributed by atoms with Crippen LogP contribution >= 0.6 is 11.6 Å². The fourth-order valence-electron chi connectivity index (χ4n) is 4.19. The number of rotatable bonds is 5. The molecule has 1 atom stereocenters. The Hall–Kier alpha value is -3.15. The summed E-state index contributed by atoms with van der Waals surface area (Å²) in [6, 6.07) is 18.7. The standard InChI is InChI=1S/C24H20ClN3O2/c25-17-8-9-20-19(12-17)16(14-27-20)10-11-26-21-13-23(29)28(24(21)30)22-7-3-5-15-4-1-2-6-18(15)22/h1-9,12,14,21,26-27H,10-11,13H2/t21-/m1/s1. The molecule has 0 saturated carbocycles. The lowest BCUT2D eigenvalue weighted by atomic mass is 10.1. The van der Waals surface area contributed by atoms with Crippen LogP contribution in [-0.4, -0.2) is 29.4 Å². The smallest absolute Gasteiger partial charge is 0.251 e. The summed E-state index contributed by atoms with van der Waals surface area (Å²) in [5.41, 5.74) is 2.81. The lowest BCUT2D eigenvalue weighted by Crippen LogP contribution is -2.39. The highest BCUT2D eigenvalue weighted by Crippen LogP contribution is 2.30. The van der Waals surface area contributed by atoms with Crippen LogP contribution in [0, 0.1) is 0 Å². The van der Waals surface area contributed by atoms with Gasteiger partial charge in [-0.3, -0.25) is 9.59 Å². The Morgan fingerprint density at radius 3 is 2.77 bits per heavy atom. The monoisotopic (exact) mass is 417 g/mol. The highest BCUT2D eigenvalue weighted by Gasteiger charge is 2.39. The van der Waals surface area contributed by atoms with Crippen LogP contribution in [0.5, 0.6) is 0 Å². The molecule has 0 aliphatic carbocycles. The molecular formula is C24H20ClN3O2. The third kappa shape index (κ3) is 3.26. The number of benzene rings is 3. The minimum absolute atomic E-state index is 0.168. The van der Waals surface area contributed by atoms with Crippen LogP contribution in [0.4, 0.5) is 5.69 Å². The van der Waals surface area contributed by atoms with Crippen LogP contribution in [0.25, 0.3) is 21.7 Å². The molecule has 5 nitrogen and oxygen atoms in total. The molecule has 1 saturated heterocycles. The zero-order valence-corrected chi connectivity index (χ0v) is 16.9. The molecular weight excluding hydrogens is 398 g/mol. The maximum Gasteiger partial charge on any atom is 0.251 e. The number of nitrogens with one attached hydrogen (secondary N) is 2. The van der Waals surface area contributed by atoms with Crippen LogP contribution < -0.4 is 10.2 Å².